The third kappa shape index (κ3) is 3.89. The molecule has 1 heterocycles. The first kappa shape index (κ1) is 22.0. The van der Waals surface area contributed by atoms with E-state index in [-0.39, 0.29) is 30.2 Å². The number of aliphatic hydroxyl groups excluding tert-OH is 2. The van der Waals surface area contributed by atoms with Gasteiger partial charge in [-0.05, 0) is 31.2 Å². The number of oxime groups is 1. The van der Waals surface area contributed by atoms with E-state index in [9.17, 15) is 19.8 Å². The van der Waals surface area contributed by atoms with Gasteiger partial charge in [0.05, 0.1) is 35.8 Å². The molecule has 3 aliphatic rings. The van der Waals surface area contributed by atoms with E-state index in [2.05, 4.69) is 5.16 Å². The van der Waals surface area contributed by atoms with Crippen molar-refractivity contribution in [2.75, 3.05) is 6.61 Å². The van der Waals surface area contributed by atoms with Gasteiger partial charge in [0.15, 0.2) is 0 Å². The van der Waals surface area contributed by atoms with Crippen LogP contribution < -0.4 is 0 Å². The Balaban J connectivity index is 1.62. The monoisotopic (exact) mass is 428 g/mol. The van der Waals surface area contributed by atoms with Crippen LogP contribution in [0.3, 0.4) is 0 Å². The molecule has 168 valence electrons. The summed E-state index contributed by atoms with van der Waals surface area (Å²) >= 11 is 0. The zero-order chi connectivity index (χ0) is 22.3. The molecule has 7 nitrogen and oxygen atoms in total. The lowest BCUT2D eigenvalue weighted by Gasteiger charge is -2.45. The molecule has 1 aromatic rings. The first-order valence-corrected chi connectivity index (χ1v) is 11.3. The van der Waals surface area contributed by atoms with Gasteiger partial charge in [0.1, 0.15) is 6.61 Å². The molecule has 2 amide bonds. The number of imide groups is 1. The molecule has 7 atom stereocenters. The van der Waals surface area contributed by atoms with Crippen LogP contribution in [-0.2, 0) is 14.4 Å². The van der Waals surface area contributed by atoms with Crippen LogP contribution in [0.1, 0.15) is 51.6 Å². The highest BCUT2D eigenvalue weighted by molar-refractivity contribution is 6.06. The Bertz CT molecular complexity index is 855. The van der Waals surface area contributed by atoms with Crippen LogP contribution in [0.4, 0.5) is 0 Å². The summed E-state index contributed by atoms with van der Waals surface area (Å²) < 4.78 is 0. The maximum atomic E-state index is 13.5. The molecule has 0 unspecified atom stereocenters. The first-order chi connectivity index (χ1) is 14.8. The second-order valence-corrected chi connectivity index (χ2v) is 9.56. The largest absolute Gasteiger partial charge is 0.396 e. The average Bonchev–Trinajstić information content (AvgIpc) is 3.01. The van der Waals surface area contributed by atoms with Gasteiger partial charge in [-0.25, -0.2) is 0 Å². The fourth-order valence-corrected chi connectivity index (χ4v) is 5.53. The molecule has 2 N–H and O–H groups in total. The van der Waals surface area contributed by atoms with E-state index in [0.717, 1.165) is 5.56 Å². The predicted molar refractivity (Wildman–Crippen MR) is 115 cm³/mol. The lowest BCUT2D eigenvalue weighted by atomic mass is 9.60. The number of rotatable bonds is 5. The minimum Gasteiger partial charge on any atom is -0.396 e. The Labute approximate surface area is 183 Å². The summed E-state index contributed by atoms with van der Waals surface area (Å²) in [5, 5.41) is 25.7. The summed E-state index contributed by atoms with van der Waals surface area (Å²) in [5.74, 6) is -1.92. The van der Waals surface area contributed by atoms with Crippen molar-refractivity contribution in [1.82, 2.24) is 4.90 Å². The average molecular weight is 429 g/mol. The lowest BCUT2D eigenvalue weighted by molar-refractivity contribution is -0.144. The van der Waals surface area contributed by atoms with Gasteiger partial charge >= 0.3 is 0 Å². The molecule has 1 aromatic carbocycles. The third-order valence-electron chi connectivity index (χ3n) is 7.07. The Morgan fingerprint density at radius 3 is 2.42 bits per heavy atom. The van der Waals surface area contributed by atoms with Gasteiger partial charge in [0, 0.05) is 18.3 Å². The molecule has 0 bridgehead atoms. The molecule has 3 fully saturated rings. The number of aliphatic hydroxyl groups is 2. The van der Waals surface area contributed by atoms with Crippen molar-refractivity contribution in [3.63, 3.8) is 0 Å². The SMILES string of the molecule is CC(C)CON=C1C[C@@H](O)[C@@H](O)[C@@H]2[C@H]3C(=O)N([C@@H](C)c4ccccc4)C(=O)[C@@H]3CC[C@H]12. The molecule has 7 heteroatoms. The molecule has 0 aromatic heterocycles. The summed E-state index contributed by atoms with van der Waals surface area (Å²) in [6, 6.07) is 9.12. The topological polar surface area (TPSA) is 99.4 Å². The fraction of sp³-hybridized carbons (Fsp3) is 0.625. The predicted octanol–water partition coefficient (Wildman–Crippen LogP) is 2.53. The van der Waals surface area contributed by atoms with Crippen molar-refractivity contribution in [2.24, 2.45) is 34.7 Å². The number of carbonyl (C=O) groups is 2. The van der Waals surface area contributed by atoms with E-state index in [1.807, 2.05) is 51.1 Å². The van der Waals surface area contributed by atoms with E-state index in [1.165, 1.54) is 4.90 Å². The van der Waals surface area contributed by atoms with Crippen molar-refractivity contribution in [3.05, 3.63) is 35.9 Å². The highest BCUT2D eigenvalue weighted by atomic mass is 16.6. The number of carbonyl (C=O) groups excluding carboxylic acids is 2. The molecule has 2 aliphatic carbocycles. The summed E-state index contributed by atoms with van der Waals surface area (Å²) in [4.78, 5) is 33.6. The van der Waals surface area contributed by atoms with Gasteiger partial charge in [-0.2, -0.15) is 0 Å². The molecule has 1 aliphatic heterocycles. The Kier molecular flexibility index (Phi) is 6.17. The van der Waals surface area contributed by atoms with Crippen LogP contribution in [0, 0.1) is 29.6 Å². The summed E-state index contributed by atoms with van der Waals surface area (Å²) in [7, 11) is 0. The van der Waals surface area contributed by atoms with Crippen LogP contribution in [0.15, 0.2) is 35.5 Å². The maximum Gasteiger partial charge on any atom is 0.234 e. The van der Waals surface area contributed by atoms with E-state index in [0.29, 0.717) is 31.1 Å². The fourth-order valence-electron chi connectivity index (χ4n) is 5.53. The van der Waals surface area contributed by atoms with Gasteiger partial charge in [-0.3, -0.25) is 14.5 Å². The molecule has 0 spiro atoms. The molecular formula is C24H32N2O5. The zero-order valence-corrected chi connectivity index (χ0v) is 18.3. The Morgan fingerprint density at radius 1 is 1.06 bits per heavy atom. The second kappa shape index (κ2) is 8.71. The number of hydrogen-bond acceptors (Lipinski definition) is 6. The maximum absolute atomic E-state index is 13.5. The van der Waals surface area contributed by atoms with Gasteiger partial charge in [0.2, 0.25) is 11.8 Å². The lowest BCUT2D eigenvalue weighted by Crippen LogP contribution is -2.54. The van der Waals surface area contributed by atoms with Gasteiger partial charge in [-0.15, -0.1) is 0 Å². The number of fused-ring (bicyclic) bond motifs is 3. The quantitative estimate of drug-likeness (QED) is 0.555. The smallest absolute Gasteiger partial charge is 0.234 e. The highest BCUT2D eigenvalue weighted by Crippen LogP contribution is 2.51. The zero-order valence-electron chi connectivity index (χ0n) is 18.3. The standard InChI is InChI=1S/C24H32N2O5/c1-13(2)12-31-25-18-11-19(27)22(28)20-16(18)9-10-17-21(20)24(30)26(23(17)29)14(3)15-7-5-4-6-8-15/h4-8,13-14,16-17,19-22,27-28H,9-12H2,1-3H3/t14-,16+,17+,19+,20-,21-,22+/m0/s1. The number of hydrogen-bond donors (Lipinski definition) is 2. The van der Waals surface area contributed by atoms with Crippen LogP contribution in [0.25, 0.3) is 0 Å². The summed E-state index contributed by atoms with van der Waals surface area (Å²) in [6.45, 7) is 6.38. The summed E-state index contributed by atoms with van der Waals surface area (Å²) in [5.41, 5.74) is 1.59. The highest BCUT2D eigenvalue weighted by Gasteiger charge is 2.60. The van der Waals surface area contributed by atoms with E-state index in [4.69, 9.17) is 4.84 Å². The number of amides is 2. The van der Waals surface area contributed by atoms with Crippen LogP contribution >= 0.6 is 0 Å². The molecule has 4 rings (SSSR count). The van der Waals surface area contributed by atoms with Crippen molar-refractivity contribution in [3.8, 4) is 0 Å². The van der Waals surface area contributed by atoms with Crippen molar-refractivity contribution < 1.29 is 24.6 Å². The molecule has 31 heavy (non-hydrogen) atoms. The third-order valence-corrected chi connectivity index (χ3v) is 7.07. The van der Waals surface area contributed by atoms with Crippen LogP contribution in [-0.4, -0.2) is 51.5 Å². The van der Waals surface area contributed by atoms with E-state index >= 15 is 0 Å². The van der Waals surface area contributed by atoms with Crippen LogP contribution in [0.5, 0.6) is 0 Å². The van der Waals surface area contributed by atoms with Crippen molar-refractivity contribution in [1.29, 1.82) is 0 Å². The van der Waals surface area contributed by atoms with Crippen molar-refractivity contribution in [2.45, 2.75) is 58.3 Å². The summed E-state index contributed by atoms with van der Waals surface area (Å²) in [6.07, 6.45) is -0.646. The molecular weight excluding hydrogens is 396 g/mol. The van der Waals surface area contributed by atoms with Gasteiger partial charge in [-0.1, -0.05) is 49.3 Å². The Hall–Kier alpha value is -2.25. The molecule has 1 saturated heterocycles. The minimum absolute atomic E-state index is 0.171. The second-order valence-electron chi connectivity index (χ2n) is 9.56. The normalized spacial score (nSPS) is 35.3. The molecule has 0 radical (unpaired) electrons. The number of nitrogens with zero attached hydrogens (tertiary/aromatic N) is 2. The van der Waals surface area contributed by atoms with Gasteiger partial charge in [0.25, 0.3) is 0 Å². The minimum atomic E-state index is -1.06. The van der Waals surface area contributed by atoms with Crippen molar-refractivity contribution >= 4 is 17.5 Å². The molecule has 2 saturated carbocycles. The van der Waals surface area contributed by atoms with E-state index < -0.39 is 30.0 Å². The number of benzene rings is 1. The van der Waals surface area contributed by atoms with Crippen LogP contribution in [0.2, 0.25) is 0 Å². The Morgan fingerprint density at radius 2 is 1.74 bits per heavy atom. The number of likely N-dealkylation sites (tertiary alicyclic amines) is 1. The first-order valence-electron chi connectivity index (χ1n) is 11.3. The van der Waals surface area contributed by atoms with E-state index in [1.54, 1.807) is 0 Å². The van der Waals surface area contributed by atoms with Gasteiger partial charge < -0.3 is 15.1 Å².